The number of benzene rings is 1. The number of nitrogens with one attached hydrogen (secondary N) is 1. The van der Waals surface area contributed by atoms with Crippen molar-refractivity contribution < 1.29 is 18.7 Å². The highest BCUT2D eigenvalue weighted by atomic mass is 32.1. The number of anilines is 3. The largest absolute Gasteiger partial charge is 0.389 e. The van der Waals surface area contributed by atoms with Gasteiger partial charge in [-0.05, 0) is 31.4 Å². The summed E-state index contributed by atoms with van der Waals surface area (Å²) in [5.41, 5.74) is 6.44. The van der Waals surface area contributed by atoms with Gasteiger partial charge in [-0.15, -0.1) is 0 Å². The van der Waals surface area contributed by atoms with Crippen LogP contribution in [-0.4, -0.2) is 56.9 Å². The predicted molar refractivity (Wildman–Crippen MR) is 132 cm³/mol. The molecule has 1 amide bonds. The molecule has 4 N–H and O–H groups in total. The van der Waals surface area contributed by atoms with Gasteiger partial charge in [0, 0.05) is 40.2 Å². The Morgan fingerprint density at radius 1 is 1.31 bits per heavy atom. The Hall–Kier alpha value is -3.25. The minimum absolute atomic E-state index is 0.0462. The summed E-state index contributed by atoms with van der Waals surface area (Å²) in [7, 11) is 3.64. The van der Waals surface area contributed by atoms with Crippen molar-refractivity contribution in [3.05, 3.63) is 41.7 Å². The van der Waals surface area contributed by atoms with Crippen LogP contribution in [0.3, 0.4) is 0 Å². The zero-order valence-corrected chi connectivity index (χ0v) is 20.6. The number of rotatable bonds is 6. The predicted octanol–water partition coefficient (Wildman–Crippen LogP) is 3.34. The van der Waals surface area contributed by atoms with E-state index in [0.29, 0.717) is 12.2 Å². The lowest BCUT2D eigenvalue weighted by Crippen LogP contribution is -2.36. The molecule has 35 heavy (non-hydrogen) atoms. The van der Waals surface area contributed by atoms with E-state index in [4.69, 9.17) is 5.73 Å². The maximum atomic E-state index is 14.2. The minimum atomic E-state index is -1.32. The quantitative estimate of drug-likeness (QED) is 0.441. The molecule has 1 saturated heterocycles. The Morgan fingerprint density at radius 2 is 2.03 bits per heavy atom. The normalized spacial score (nSPS) is 17.2. The van der Waals surface area contributed by atoms with Gasteiger partial charge in [0.25, 0.3) is 0 Å². The molecular weight excluding hydrogens is 476 g/mol. The molecule has 0 aliphatic carbocycles. The van der Waals surface area contributed by atoms with Crippen LogP contribution in [0.1, 0.15) is 38.1 Å². The zero-order chi connectivity index (χ0) is 25.3. The molecule has 1 aliphatic heterocycles. The van der Waals surface area contributed by atoms with Crippen LogP contribution in [0.15, 0.2) is 24.4 Å². The number of nitrogen functional groups attached to an aromatic ring is 1. The number of amides is 1. The van der Waals surface area contributed by atoms with Crippen molar-refractivity contribution in [3.8, 4) is 10.6 Å². The van der Waals surface area contributed by atoms with Crippen molar-refractivity contribution in [1.29, 1.82) is 0 Å². The number of carbonyl (C=O) groups is 1. The van der Waals surface area contributed by atoms with E-state index in [0.717, 1.165) is 55.1 Å². The second-order valence-electron chi connectivity index (χ2n) is 8.62. The first kappa shape index (κ1) is 24.9. The third kappa shape index (κ3) is 5.08. The van der Waals surface area contributed by atoms with Crippen LogP contribution < -0.4 is 16.0 Å². The van der Waals surface area contributed by atoms with E-state index in [2.05, 4.69) is 20.3 Å². The number of nitrogens with zero attached hydrogens (tertiary/aromatic N) is 5. The number of hydrogen-bond donors (Lipinski definition) is 3. The van der Waals surface area contributed by atoms with E-state index >= 15 is 0 Å². The Bertz CT molecular complexity index is 1190. The number of aryl methyl sites for hydroxylation is 1. The van der Waals surface area contributed by atoms with Gasteiger partial charge in [0.15, 0.2) is 6.23 Å². The Kier molecular flexibility index (Phi) is 7.22. The molecule has 3 aromatic rings. The van der Waals surface area contributed by atoms with Crippen molar-refractivity contribution in [1.82, 2.24) is 19.7 Å². The minimum Gasteiger partial charge on any atom is -0.389 e. The lowest BCUT2D eigenvalue weighted by atomic mass is 10.1. The summed E-state index contributed by atoms with van der Waals surface area (Å²) < 4.78 is 30.1. The number of carbonyl (C=O) groups excluding carboxylic acids is 1. The number of thiazole rings is 1. The molecule has 1 aromatic carbocycles. The summed E-state index contributed by atoms with van der Waals surface area (Å²) in [4.78, 5) is 20.0. The van der Waals surface area contributed by atoms with Gasteiger partial charge in [-0.3, -0.25) is 9.48 Å². The molecule has 1 aliphatic rings. The van der Waals surface area contributed by atoms with Crippen LogP contribution >= 0.6 is 11.3 Å². The monoisotopic (exact) mass is 505 g/mol. The number of aliphatic hydroxyl groups excluding tert-OH is 1. The average Bonchev–Trinajstić information content (AvgIpc) is 3.26. The molecule has 12 heteroatoms. The van der Waals surface area contributed by atoms with Crippen molar-refractivity contribution in [2.45, 2.75) is 38.5 Å². The summed E-state index contributed by atoms with van der Waals surface area (Å²) in [6, 6.07) is 3.73. The Labute approximate surface area is 206 Å². The fourth-order valence-corrected chi connectivity index (χ4v) is 5.32. The van der Waals surface area contributed by atoms with Gasteiger partial charge < -0.3 is 26.0 Å². The molecular formula is C23H29F2N7O2S. The molecule has 2 atom stereocenters. The lowest BCUT2D eigenvalue weighted by Gasteiger charge is -2.27. The van der Waals surface area contributed by atoms with Gasteiger partial charge in [0.05, 0.1) is 17.4 Å². The molecule has 2 aromatic heterocycles. The lowest BCUT2D eigenvalue weighted by molar-refractivity contribution is -0.129. The van der Waals surface area contributed by atoms with E-state index in [-0.39, 0.29) is 33.2 Å². The third-order valence-electron chi connectivity index (χ3n) is 6.36. The number of aliphatic hydroxyl groups is 1. The van der Waals surface area contributed by atoms with Gasteiger partial charge in [-0.2, -0.15) is 5.10 Å². The maximum Gasteiger partial charge on any atom is 0.219 e. The van der Waals surface area contributed by atoms with Gasteiger partial charge >= 0.3 is 0 Å². The molecule has 188 valence electrons. The summed E-state index contributed by atoms with van der Waals surface area (Å²) in [5, 5.41) is 18.4. The zero-order valence-electron chi connectivity index (χ0n) is 19.8. The first-order chi connectivity index (χ1) is 16.7. The highest BCUT2D eigenvalue weighted by molar-refractivity contribution is 7.18. The topological polar surface area (TPSA) is 113 Å². The van der Waals surface area contributed by atoms with Gasteiger partial charge in [0.1, 0.15) is 33.2 Å². The molecule has 0 saturated carbocycles. The molecule has 4 rings (SSSR count). The smallest absolute Gasteiger partial charge is 0.219 e. The molecule has 2 unspecified atom stereocenters. The summed E-state index contributed by atoms with van der Waals surface area (Å²) >= 11 is 0.903. The van der Waals surface area contributed by atoms with Gasteiger partial charge in [-0.25, -0.2) is 13.8 Å². The molecule has 3 heterocycles. The second kappa shape index (κ2) is 10.2. The molecule has 1 fully saturated rings. The van der Waals surface area contributed by atoms with Crippen molar-refractivity contribution in [2.75, 3.05) is 36.1 Å². The average molecular weight is 506 g/mol. The molecule has 9 nitrogen and oxygen atoms in total. The van der Waals surface area contributed by atoms with E-state index < -0.39 is 17.9 Å². The van der Waals surface area contributed by atoms with Crippen LogP contribution in [0.5, 0.6) is 0 Å². The summed E-state index contributed by atoms with van der Waals surface area (Å²) in [6.45, 7) is 3.05. The first-order valence-electron chi connectivity index (χ1n) is 11.3. The van der Waals surface area contributed by atoms with Crippen molar-refractivity contribution in [2.24, 2.45) is 7.05 Å². The van der Waals surface area contributed by atoms with Gasteiger partial charge in [0.2, 0.25) is 5.91 Å². The van der Waals surface area contributed by atoms with Crippen molar-refractivity contribution >= 4 is 33.8 Å². The summed E-state index contributed by atoms with van der Waals surface area (Å²) in [5.74, 6) is -0.677. The summed E-state index contributed by atoms with van der Waals surface area (Å²) in [6.07, 6.45) is 2.89. The van der Waals surface area contributed by atoms with Crippen LogP contribution in [0, 0.1) is 11.6 Å². The van der Waals surface area contributed by atoms with Crippen LogP contribution in [0.2, 0.25) is 0 Å². The van der Waals surface area contributed by atoms with E-state index in [9.17, 15) is 18.7 Å². The highest BCUT2D eigenvalue weighted by Gasteiger charge is 2.27. The standard InChI is InChI=1S/C23H29F2N7O2S/c1-13(33)30(2)14-6-5-10-32(11-9-14)23-17(12-27-31(23)3)28-21(34)19-20(26)35-22(29-19)18-15(24)7-4-8-16(18)25/h4,7-8,12,14,21,28,34H,5-6,9-11,26H2,1-3H3. The number of nitrogens with two attached hydrogens (primary N) is 1. The fraction of sp³-hybridized carbons (Fsp3) is 0.435. The molecule has 0 spiro atoms. The third-order valence-corrected chi connectivity index (χ3v) is 7.28. The van der Waals surface area contributed by atoms with Crippen LogP contribution in [0.4, 0.5) is 25.3 Å². The Morgan fingerprint density at radius 3 is 2.71 bits per heavy atom. The molecule has 0 bridgehead atoms. The van der Waals surface area contributed by atoms with E-state index in [1.54, 1.807) is 22.7 Å². The second-order valence-corrected chi connectivity index (χ2v) is 9.65. The van der Waals surface area contributed by atoms with Crippen LogP contribution in [-0.2, 0) is 11.8 Å². The SMILES string of the molecule is CC(=O)N(C)C1CCCN(c2c(NC(O)c3nc(-c4c(F)cccc4F)sc3N)cnn2C)CC1. The van der Waals surface area contributed by atoms with E-state index in [1.165, 1.54) is 6.07 Å². The first-order valence-corrected chi connectivity index (χ1v) is 12.1. The van der Waals surface area contributed by atoms with Crippen molar-refractivity contribution in [3.63, 3.8) is 0 Å². The number of hydrogen-bond acceptors (Lipinski definition) is 8. The maximum absolute atomic E-state index is 14.2. The molecule has 0 radical (unpaired) electrons. The number of aromatic nitrogens is 3. The fourth-order valence-electron chi connectivity index (χ4n) is 4.41. The van der Waals surface area contributed by atoms with Gasteiger partial charge in [-0.1, -0.05) is 17.4 Å². The Balaban J connectivity index is 1.54. The van der Waals surface area contributed by atoms with E-state index in [1.807, 2.05) is 14.1 Å². The van der Waals surface area contributed by atoms with Crippen LogP contribution in [0.25, 0.3) is 10.6 Å². The highest BCUT2D eigenvalue weighted by Crippen LogP contribution is 2.37. The number of halogens is 2.